The number of hydrazine groups is 1. The maximum Gasteiger partial charge on any atom is 0.0741 e. The molecule has 1 heterocycles. The maximum absolute atomic E-state index is 6.08. The molecule has 0 saturated carbocycles. The Kier molecular flexibility index (Phi) is 4.01. The second-order valence-electron chi connectivity index (χ2n) is 4.29. The zero-order valence-electron chi connectivity index (χ0n) is 10.5. The topological polar surface area (TPSA) is 55.9 Å². The highest BCUT2D eigenvalue weighted by Crippen LogP contribution is 2.25. The summed E-state index contributed by atoms with van der Waals surface area (Å²) in [6.07, 6.45) is 3.81. The van der Waals surface area contributed by atoms with Gasteiger partial charge in [0.05, 0.1) is 12.2 Å². The minimum Gasteiger partial charge on any atom is -0.273 e. The van der Waals surface area contributed by atoms with Gasteiger partial charge >= 0.3 is 0 Å². The molecule has 0 fully saturated rings. The third-order valence-corrected chi connectivity index (χ3v) is 3.09. The van der Waals surface area contributed by atoms with E-state index in [1.54, 1.807) is 0 Å². The van der Waals surface area contributed by atoms with E-state index >= 15 is 0 Å². The van der Waals surface area contributed by atoms with Crippen LogP contribution >= 0.6 is 11.6 Å². The van der Waals surface area contributed by atoms with Crippen molar-refractivity contribution >= 4 is 11.6 Å². The first-order valence-electron chi connectivity index (χ1n) is 5.89. The van der Waals surface area contributed by atoms with Gasteiger partial charge in [-0.25, -0.2) is 5.43 Å². The number of nitrogens with zero attached hydrogens (tertiary/aromatic N) is 2. The fraction of sp³-hybridized carbons (Fsp3) is 0.308. The van der Waals surface area contributed by atoms with Gasteiger partial charge in [-0.15, -0.1) is 0 Å². The molecule has 5 heteroatoms. The summed E-state index contributed by atoms with van der Waals surface area (Å²) in [6.45, 7) is 4.90. The SMILES string of the molecule is CCn1cc(C(NN)c2cc(C)cc(Cl)c2)cn1. The molecule has 0 amide bonds. The normalized spacial score (nSPS) is 12.7. The van der Waals surface area contributed by atoms with Gasteiger partial charge < -0.3 is 0 Å². The third kappa shape index (κ3) is 2.72. The molecule has 0 spiro atoms. The number of hydrogen-bond donors (Lipinski definition) is 2. The van der Waals surface area contributed by atoms with E-state index < -0.39 is 0 Å². The summed E-state index contributed by atoms with van der Waals surface area (Å²) in [5.74, 6) is 5.66. The van der Waals surface area contributed by atoms with Crippen molar-refractivity contribution < 1.29 is 0 Å². The Balaban J connectivity index is 2.38. The predicted octanol–water partition coefficient (Wildman–Crippen LogP) is 2.42. The van der Waals surface area contributed by atoms with Crippen LogP contribution in [-0.2, 0) is 6.54 Å². The molecule has 4 nitrogen and oxygen atoms in total. The second-order valence-corrected chi connectivity index (χ2v) is 4.73. The Morgan fingerprint density at radius 3 is 2.72 bits per heavy atom. The number of halogens is 1. The smallest absolute Gasteiger partial charge is 0.0741 e. The van der Waals surface area contributed by atoms with E-state index in [9.17, 15) is 0 Å². The van der Waals surface area contributed by atoms with Crippen LogP contribution in [0.2, 0.25) is 5.02 Å². The number of aryl methyl sites for hydroxylation is 2. The van der Waals surface area contributed by atoms with Gasteiger partial charge in [-0.05, 0) is 37.1 Å². The Morgan fingerprint density at radius 1 is 1.39 bits per heavy atom. The zero-order valence-corrected chi connectivity index (χ0v) is 11.3. The highest BCUT2D eigenvalue weighted by molar-refractivity contribution is 6.30. The number of hydrogen-bond acceptors (Lipinski definition) is 3. The van der Waals surface area contributed by atoms with Crippen molar-refractivity contribution in [2.45, 2.75) is 26.4 Å². The van der Waals surface area contributed by atoms with Crippen molar-refractivity contribution in [1.82, 2.24) is 15.2 Å². The third-order valence-electron chi connectivity index (χ3n) is 2.87. The average molecular weight is 265 g/mol. The molecule has 1 unspecified atom stereocenters. The predicted molar refractivity (Wildman–Crippen MR) is 73.3 cm³/mol. The van der Waals surface area contributed by atoms with Crippen LogP contribution in [0.15, 0.2) is 30.6 Å². The highest BCUT2D eigenvalue weighted by Gasteiger charge is 2.15. The Hall–Kier alpha value is -1.36. The first kappa shape index (κ1) is 13.1. The standard InChI is InChI=1S/C13H17ClN4/c1-3-18-8-11(7-16-18)13(17-15)10-4-9(2)5-12(14)6-10/h4-8,13,17H,3,15H2,1-2H3. The summed E-state index contributed by atoms with van der Waals surface area (Å²) in [5.41, 5.74) is 5.99. The average Bonchev–Trinajstić information content (AvgIpc) is 2.77. The lowest BCUT2D eigenvalue weighted by Gasteiger charge is -2.15. The molecule has 1 atom stereocenters. The molecule has 3 N–H and O–H groups in total. The summed E-state index contributed by atoms with van der Waals surface area (Å²) in [4.78, 5) is 0. The number of nitrogens with two attached hydrogens (primary N) is 1. The maximum atomic E-state index is 6.08. The van der Waals surface area contributed by atoms with Crippen LogP contribution in [-0.4, -0.2) is 9.78 Å². The number of nitrogens with one attached hydrogen (secondary N) is 1. The molecule has 0 aliphatic heterocycles. The molecular weight excluding hydrogens is 248 g/mol. The Morgan fingerprint density at radius 2 is 2.17 bits per heavy atom. The monoisotopic (exact) mass is 264 g/mol. The van der Waals surface area contributed by atoms with Crippen LogP contribution in [0.5, 0.6) is 0 Å². The van der Waals surface area contributed by atoms with Crippen molar-refractivity contribution in [2.75, 3.05) is 0 Å². The van der Waals surface area contributed by atoms with Crippen molar-refractivity contribution in [1.29, 1.82) is 0 Å². The number of aromatic nitrogens is 2. The molecule has 0 radical (unpaired) electrons. The largest absolute Gasteiger partial charge is 0.273 e. The van der Waals surface area contributed by atoms with Gasteiger partial charge in [-0.2, -0.15) is 5.10 Å². The van der Waals surface area contributed by atoms with Gasteiger partial charge in [-0.1, -0.05) is 17.7 Å². The summed E-state index contributed by atoms with van der Waals surface area (Å²) in [6, 6.07) is 5.82. The zero-order chi connectivity index (χ0) is 13.1. The van der Waals surface area contributed by atoms with E-state index in [0.29, 0.717) is 5.02 Å². The van der Waals surface area contributed by atoms with Crippen LogP contribution in [0.3, 0.4) is 0 Å². The summed E-state index contributed by atoms with van der Waals surface area (Å²) in [7, 11) is 0. The Bertz CT molecular complexity index is 515. The van der Waals surface area contributed by atoms with Gasteiger partial charge in [0.1, 0.15) is 0 Å². The molecule has 0 bridgehead atoms. The van der Waals surface area contributed by atoms with Crippen LogP contribution in [0.1, 0.15) is 29.7 Å². The van der Waals surface area contributed by atoms with Crippen LogP contribution in [0.4, 0.5) is 0 Å². The lowest BCUT2D eigenvalue weighted by molar-refractivity contribution is 0.630. The molecule has 2 aromatic rings. The van der Waals surface area contributed by atoms with Crippen molar-refractivity contribution in [3.63, 3.8) is 0 Å². The molecular formula is C13H17ClN4. The molecule has 18 heavy (non-hydrogen) atoms. The van der Waals surface area contributed by atoms with Gasteiger partial charge in [0, 0.05) is 23.3 Å². The fourth-order valence-electron chi connectivity index (χ4n) is 2.02. The Labute approximate surface area is 112 Å². The van der Waals surface area contributed by atoms with Gasteiger partial charge in [0.2, 0.25) is 0 Å². The molecule has 0 saturated heterocycles. The van der Waals surface area contributed by atoms with Crippen molar-refractivity contribution in [3.8, 4) is 0 Å². The van der Waals surface area contributed by atoms with Gasteiger partial charge in [0.15, 0.2) is 0 Å². The summed E-state index contributed by atoms with van der Waals surface area (Å²) >= 11 is 6.08. The van der Waals surface area contributed by atoms with Gasteiger partial charge in [0.25, 0.3) is 0 Å². The van der Waals surface area contributed by atoms with Crippen molar-refractivity contribution in [2.24, 2.45) is 5.84 Å². The fourth-order valence-corrected chi connectivity index (χ4v) is 2.32. The van der Waals surface area contributed by atoms with E-state index in [2.05, 4.69) is 16.6 Å². The second kappa shape index (κ2) is 5.52. The molecule has 0 aliphatic carbocycles. The number of benzene rings is 1. The lowest BCUT2D eigenvalue weighted by atomic mass is 10.0. The quantitative estimate of drug-likeness (QED) is 0.659. The number of rotatable bonds is 4. The first-order chi connectivity index (χ1) is 8.63. The molecule has 2 rings (SSSR count). The molecule has 1 aromatic heterocycles. The summed E-state index contributed by atoms with van der Waals surface area (Å²) < 4.78 is 1.87. The van der Waals surface area contributed by atoms with Crippen LogP contribution < -0.4 is 11.3 Å². The van der Waals surface area contributed by atoms with Crippen molar-refractivity contribution in [3.05, 3.63) is 52.3 Å². The van der Waals surface area contributed by atoms with E-state index in [1.165, 1.54) is 0 Å². The summed E-state index contributed by atoms with van der Waals surface area (Å²) in [5, 5.41) is 4.98. The van der Waals surface area contributed by atoms with Crippen LogP contribution in [0, 0.1) is 6.92 Å². The van der Waals surface area contributed by atoms with Crippen LogP contribution in [0.25, 0.3) is 0 Å². The highest BCUT2D eigenvalue weighted by atomic mass is 35.5. The minimum atomic E-state index is -0.0947. The lowest BCUT2D eigenvalue weighted by Crippen LogP contribution is -2.28. The van der Waals surface area contributed by atoms with E-state index in [4.69, 9.17) is 17.4 Å². The molecule has 1 aromatic carbocycles. The first-order valence-corrected chi connectivity index (χ1v) is 6.27. The van der Waals surface area contributed by atoms with E-state index in [1.807, 2.05) is 43.1 Å². The van der Waals surface area contributed by atoms with Gasteiger partial charge in [-0.3, -0.25) is 10.5 Å². The molecule has 0 aliphatic rings. The minimum absolute atomic E-state index is 0.0947. The van der Waals surface area contributed by atoms with E-state index in [-0.39, 0.29) is 6.04 Å². The van der Waals surface area contributed by atoms with E-state index in [0.717, 1.165) is 23.2 Å². The molecule has 96 valence electrons.